The number of hydrogen-bond donors (Lipinski definition) is 0. The molecule has 0 saturated carbocycles. The van der Waals surface area contributed by atoms with Crippen molar-refractivity contribution in [1.82, 2.24) is 9.97 Å². The van der Waals surface area contributed by atoms with Gasteiger partial charge >= 0.3 is 0 Å². The van der Waals surface area contributed by atoms with Crippen molar-refractivity contribution in [2.75, 3.05) is 9.80 Å². The Bertz CT molecular complexity index is 2990. The second-order valence-corrected chi connectivity index (χ2v) is 18.6. The van der Waals surface area contributed by atoms with Crippen LogP contribution in [-0.2, 0) is 0 Å². The molecule has 57 heavy (non-hydrogen) atoms. The van der Waals surface area contributed by atoms with Gasteiger partial charge in [-0.15, -0.1) is 0 Å². The number of aromatic nitrogens is 2. The molecule has 3 aliphatic rings. The molecule has 3 aliphatic heterocycles. The molecule has 7 aromatic carbocycles. The minimum absolute atomic E-state index is 0.0397. The van der Waals surface area contributed by atoms with E-state index in [-0.39, 0.29) is 6.71 Å². The first-order valence-corrected chi connectivity index (χ1v) is 21.4. The van der Waals surface area contributed by atoms with E-state index >= 15 is 0 Å². The van der Waals surface area contributed by atoms with Gasteiger partial charge in [0.2, 0.25) is 6.71 Å². The van der Waals surface area contributed by atoms with Crippen LogP contribution in [0, 0.1) is 0 Å². The number of nitrogens with zero attached hydrogens (tertiary/aromatic N) is 4. The second-order valence-electron chi connectivity index (χ2n) is 14.9. The average Bonchev–Trinajstić information content (AvgIpc) is 3.29. The molecule has 266 valence electrons. The Balaban J connectivity index is 1.31. The summed E-state index contributed by atoms with van der Waals surface area (Å²) in [6.45, 7) is -0.0397. The van der Waals surface area contributed by atoms with Gasteiger partial charge in [-0.25, -0.2) is 0 Å². The van der Waals surface area contributed by atoms with Gasteiger partial charge in [-0.1, -0.05) is 139 Å². The van der Waals surface area contributed by atoms with Crippen LogP contribution in [0.5, 0.6) is 11.5 Å². The lowest BCUT2D eigenvalue weighted by molar-refractivity contribution is 0.478. The molecule has 7 heteroatoms. The molecule has 0 unspecified atom stereocenters. The zero-order valence-electron chi connectivity index (χ0n) is 30.8. The molecule has 0 aliphatic carbocycles. The number of para-hydroxylation sites is 4. The fraction of sp³-hybridized carbons (Fsp3) is 0. The molecule has 5 heterocycles. The summed E-state index contributed by atoms with van der Waals surface area (Å²) in [5.74, 6) is 1.61. The SMILES string of the molecule is c1ccc([Si]2(c3ccccc3)c3ccccc3B3c4ccccc4N(c4cccnc4)c4c5c(cc2c43)N(c2cccc3cccnc23)c2ccccc2O5)cc1. The van der Waals surface area contributed by atoms with Gasteiger partial charge in [-0.05, 0) is 80.2 Å². The summed E-state index contributed by atoms with van der Waals surface area (Å²) in [6.07, 6.45) is 5.71. The molecule has 0 atom stereocenters. The Morgan fingerprint density at radius 2 is 1.18 bits per heavy atom. The van der Waals surface area contributed by atoms with Gasteiger partial charge in [-0.3, -0.25) is 9.97 Å². The largest absolute Gasteiger partial charge is 0.451 e. The highest BCUT2D eigenvalue weighted by Crippen LogP contribution is 2.56. The van der Waals surface area contributed by atoms with Gasteiger partial charge in [0.25, 0.3) is 0 Å². The number of hydrogen-bond acceptors (Lipinski definition) is 5. The fourth-order valence-electron chi connectivity index (χ4n) is 9.93. The summed E-state index contributed by atoms with van der Waals surface area (Å²) >= 11 is 0. The van der Waals surface area contributed by atoms with Gasteiger partial charge < -0.3 is 14.5 Å². The Morgan fingerprint density at radius 3 is 1.96 bits per heavy atom. The Labute approximate surface area is 332 Å². The number of pyridine rings is 2. The molecule has 0 saturated heterocycles. The predicted octanol–water partition coefficient (Wildman–Crippen LogP) is 7.20. The van der Waals surface area contributed by atoms with E-state index in [2.05, 4.69) is 180 Å². The molecule has 0 fully saturated rings. The van der Waals surface area contributed by atoms with Crippen molar-refractivity contribution in [3.05, 3.63) is 201 Å². The van der Waals surface area contributed by atoms with Crippen LogP contribution in [0.25, 0.3) is 10.9 Å². The van der Waals surface area contributed by atoms with Crippen LogP contribution in [0.15, 0.2) is 201 Å². The first-order valence-electron chi connectivity index (χ1n) is 19.4. The average molecular weight is 745 g/mol. The van der Waals surface area contributed by atoms with Crippen molar-refractivity contribution >= 4 is 96.9 Å². The number of anilines is 6. The van der Waals surface area contributed by atoms with E-state index in [0.717, 1.165) is 56.5 Å². The fourth-order valence-corrected chi connectivity index (χ4v) is 15.2. The van der Waals surface area contributed by atoms with E-state index in [1.54, 1.807) is 0 Å². The van der Waals surface area contributed by atoms with Crippen LogP contribution in [0.2, 0.25) is 0 Å². The molecule has 0 amide bonds. The standard InChI is InChI=1S/C50H33BN4OSi/c1-3-19-36(20-4-1)57(37-21-5-2-6-22-37)45-29-12-8-24-39(45)51-38-23-7-9-25-40(38)54(35-18-15-30-52-33-35)49-47(51)46(57)32-43-50(49)56-44-28-11-10-26-41(44)55(43)42-27-13-16-34-17-14-31-53-48(34)42/h1-33H. The maximum atomic E-state index is 7.34. The highest BCUT2D eigenvalue weighted by atomic mass is 28.3. The summed E-state index contributed by atoms with van der Waals surface area (Å²) in [5, 5.41) is 6.52. The summed E-state index contributed by atoms with van der Waals surface area (Å²) in [4.78, 5) is 14.5. The summed E-state index contributed by atoms with van der Waals surface area (Å²) in [5.41, 5.74) is 10.9. The molecule has 5 nitrogen and oxygen atoms in total. The van der Waals surface area contributed by atoms with Gasteiger partial charge in [0.15, 0.2) is 19.6 Å². The van der Waals surface area contributed by atoms with Crippen LogP contribution >= 0.6 is 0 Å². The monoisotopic (exact) mass is 744 g/mol. The molecule has 0 radical (unpaired) electrons. The van der Waals surface area contributed by atoms with Crippen molar-refractivity contribution in [3.63, 3.8) is 0 Å². The lowest BCUT2D eigenvalue weighted by atomic mass is 9.34. The Hall–Kier alpha value is -7.22. The molecular weight excluding hydrogens is 711 g/mol. The molecule has 12 rings (SSSR count). The van der Waals surface area contributed by atoms with Crippen LogP contribution in [0.4, 0.5) is 34.1 Å². The summed E-state index contributed by atoms with van der Waals surface area (Å²) < 4.78 is 7.34. The molecular formula is C50H33BN4OSi. The van der Waals surface area contributed by atoms with E-state index in [0.29, 0.717) is 0 Å². The van der Waals surface area contributed by atoms with E-state index in [4.69, 9.17) is 14.7 Å². The van der Waals surface area contributed by atoms with Crippen LogP contribution in [0.1, 0.15) is 0 Å². The van der Waals surface area contributed by atoms with E-state index in [1.807, 2.05) is 30.7 Å². The summed E-state index contributed by atoms with van der Waals surface area (Å²) in [7, 11) is -3.06. The molecule has 0 bridgehead atoms. The van der Waals surface area contributed by atoms with Crippen LogP contribution in [0.3, 0.4) is 0 Å². The van der Waals surface area contributed by atoms with Crippen LogP contribution in [-0.4, -0.2) is 24.8 Å². The van der Waals surface area contributed by atoms with Crippen molar-refractivity contribution in [3.8, 4) is 11.5 Å². The zero-order valence-corrected chi connectivity index (χ0v) is 31.8. The minimum atomic E-state index is -3.06. The minimum Gasteiger partial charge on any atom is -0.451 e. The molecule has 9 aromatic rings. The maximum absolute atomic E-state index is 7.34. The number of rotatable bonds is 4. The first kappa shape index (κ1) is 32.1. The van der Waals surface area contributed by atoms with Crippen LogP contribution < -0.4 is 51.7 Å². The van der Waals surface area contributed by atoms with E-state index in [9.17, 15) is 0 Å². The topological polar surface area (TPSA) is 41.5 Å². The van der Waals surface area contributed by atoms with Gasteiger partial charge in [0.05, 0.1) is 40.2 Å². The second kappa shape index (κ2) is 12.4. The molecule has 0 spiro atoms. The van der Waals surface area contributed by atoms with Gasteiger partial charge in [-0.2, -0.15) is 0 Å². The highest BCUT2D eigenvalue weighted by molar-refractivity contribution is 7.26. The lowest BCUT2D eigenvalue weighted by Crippen LogP contribution is -2.87. The van der Waals surface area contributed by atoms with Crippen molar-refractivity contribution in [2.45, 2.75) is 0 Å². The predicted molar refractivity (Wildman–Crippen MR) is 237 cm³/mol. The zero-order chi connectivity index (χ0) is 37.5. The normalized spacial score (nSPS) is 14.1. The third-order valence-corrected chi connectivity index (χ3v) is 17.0. The summed E-state index contributed by atoms with van der Waals surface area (Å²) in [6, 6.07) is 66.4. The molecule has 0 N–H and O–H groups in total. The number of ether oxygens (including phenoxy) is 1. The van der Waals surface area contributed by atoms with Gasteiger partial charge in [0.1, 0.15) is 0 Å². The number of fused-ring (bicyclic) bond motifs is 8. The van der Waals surface area contributed by atoms with Crippen molar-refractivity contribution in [1.29, 1.82) is 0 Å². The quantitative estimate of drug-likeness (QED) is 0.179. The van der Waals surface area contributed by atoms with Crippen molar-refractivity contribution < 1.29 is 4.74 Å². The third-order valence-electron chi connectivity index (χ3n) is 12.1. The molecule has 2 aromatic heterocycles. The first-order chi connectivity index (χ1) is 28.3. The Morgan fingerprint density at radius 1 is 0.509 bits per heavy atom. The van der Waals surface area contributed by atoms with E-state index < -0.39 is 8.07 Å². The number of benzene rings is 7. The highest BCUT2D eigenvalue weighted by Gasteiger charge is 2.54. The van der Waals surface area contributed by atoms with Crippen molar-refractivity contribution in [2.24, 2.45) is 0 Å². The third kappa shape index (κ3) is 4.46. The Kier molecular flexibility index (Phi) is 6.97. The smallest absolute Gasteiger partial charge is 0.246 e. The lowest BCUT2D eigenvalue weighted by Gasteiger charge is -2.49. The van der Waals surface area contributed by atoms with Gasteiger partial charge in [0, 0.05) is 23.5 Å². The maximum Gasteiger partial charge on any atom is 0.246 e. The van der Waals surface area contributed by atoms with E-state index in [1.165, 1.54) is 37.1 Å².